The number of hydrogen-bond donors (Lipinski definition) is 0. The Morgan fingerprint density at radius 2 is 2.24 bits per heavy atom. The van der Waals surface area contributed by atoms with E-state index in [2.05, 4.69) is 0 Å². The van der Waals surface area contributed by atoms with Crippen molar-refractivity contribution in [1.82, 2.24) is 4.90 Å². The molecule has 0 saturated carbocycles. The van der Waals surface area contributed by atoms with E-state index in [4.69, 9.17) is 14.7 Å². The lowest BCUT2D eigenvalue weighted by atomic mass is 10.2. The Morgan fingerprint density at radius 3 is 2.76 bits per heavy atom. The lowest BCUT2D eigenvalue weighted by Crippen LogP contribution is -2.23. The monoisotopic (exact) mass is 232 g/mol. The van der Waals surface area contributed by atoms with E-state index in [1.165, 1.54) is 4.90 Å². The Bertz CT molecular complexity index is 450. The molecule has 1 aliphatic rings. The molecule has 5 heteroatoms. The smallest absolute Gasteiger partial charge is 0.410 e. The molecule has 0 N–H and O–H groups in total. The number of nitriles is 1. The van der Waals surface area contributed by atoms with Crippen molar-refractivity contribution in [2.75, 3.05) is 20.2 Å². The quantitative estimate of drug-likeness (QED) is 0.790. The molecule has 5 nitrogen and oxygen atoms in total. The summed E-state index contributed by atoms with van der Waals surface area (Å²) in [4.78, 5) is 12.6. The van der Waals surface area contributed by atoms with E-state index < -0.39 is 0 Å². The highest BCUT2D eigenvalue weighted by Gasteiger charge is 2.28. The third kappa shape index (κ3) is 2.67. The van der Waals surface area contributed by atoms with Crippen LogP contribution in [0.4, 0.5) is 4.79 Å². The first-order chi connectivity index (χ1) is 8.19. The standard InChI is InChI=1S/C12H12N2O3/c1-14-7-11(17-12(14)15)8-16-10-4-2-9(6-13)3-5-10/h2-5,11H,7-8H2,1H3. The summed E-state index contributed by atoms with van der Waals surface area (Å²) in [5, 5.41) is 8.64. The second-order valence-electron chi connectivity index (χ2n) is 3.83. The van der Waals surface area contributed by atoms with Crippen molar-refractivity contribution < 1.29 is 14.3 Å². The van der Waals surface area contributed by atoms with Crippen molar-refractivity contribution in [1.29, 1.82) is 5.26 Å². The zero-order valence-corrected chi connectivity index (χ0v) is 9.42. The lowest BCUT2D eigenvalue weighted by molar-refractivity contribution is 0.103. The molecule has 0 bridgehead atoms. The van der Waals surface area contributed by atoms with E-state index in [1.807, 2.05) is 6.07 Å². The number of ether oxygens (including phenoxy) is 2. The molecule has 1 saturated heterocycles. The van der Waals surface area contributed by atoms with Crippen LogP contribution in [0.3, 0.4) is 0 Å². The lowest BCUT2D eigenvalue weighted by Gasteiger charge is -2.10. The largest absolute Gasteiger partial charge is 0.490 e. The molecule has 1 atom stereocenters. The summed E-state index contributed by atoms with van der Waals surface area (Å²) in [7, 11) is 1.68. The summed E-state index contributed by atoms with van der Waals surface area (Å²) in [5.74, 6) is 0.662. The van der Waals surface area contributed by atoms with Crippen LogP contribution in [0.15, 0.2) is 24.3 Å². The van der Waals surface area contributed by atoms with Gasteiger partial charge >= 0.3 is 6.09 Å². The van der Waals surface area contributed by atoms with Crippen LogP contribution in [0.5, 0.6) is 5.75 Å². The summed E-state index contributed by atoms with van der Waals surface area (Å²) in [6, 6.07) is 8.84. The predicted molar refractivity (Wildman–Crippen MR) is 59.6 cm³/mol. The second-order valence-corrected chi connectivity index (χ2v) is 3.83. The van der Waals surface area contributed by atoms with E-state index in [-0.39, 0.29) is 12.2 Å². The molecule has 0 radical (unpaired) electrons. The summed E-state index contributed by atoms with van der Waals surface area (Å²) in [5.41, 5.74) is 0.587. The number of amides is 1. The van der Waals surface area contributed by atoms with Gasteiger partial charge in [-0.3, -0.25) is 0 Å². The van der Waals surface area contributed by atoms with Crippen molar-refractivity contribution in [3.05, 3.63) is 29.8 Å². The van der Waals surface area contributed by atoms with Gasteiger partial charge in [0.2, 0.25) is 0 Å². The molecule has 88 valence electrons. The molecule has 1 unspecified atom stereocenters. The number of cyclic esters (lactones) is 1. The minimum Gasteiger partial charge on any atom is -0.490 e. The zero-order valence-electron chi connectivity index (χ0n) is 9.42. The fraction of sp³-hybridized carbons (Fsp3) is 0.333. The molecule has 1 aromatic carbocycles. The van der Waals surface area contributed by atoms with E-state index in [0.717, 1.165) is 0 Å². The van der Waals surface area contributed by atoms with Gasteiger partial charge in [-0.1, -0.05) is 0 Å². The highest BCUT2D eigenvalue weighted by Crippen LogP contribution is 2.14. The van der Waals surface area contributed by atoms with Gasteiger partial charge in [-0.15, -0.1) is 0 Å². The summed E-state index contributed by atoms with van der Waals surface area (Å²) in [6.45, 7) is 0.858. The molecule has 0 aromatic heterocycles. The minimum absolute atomic E-state index is 0.233. The van der Waals surface area contributed by atoms with Crippen LogP contribution >= 0.6 is 0 Å². The van der Waals surface area contributed by atoms with Gasteiger partial charge in [-0.05, 0) is 24.3 Å². The third-order valence-corrected chi connectivity index (χ3v) is 2.48. The third-order valence-electron chi connectivity index (χ3n) is 2.48. The Balaban J connectivity index is 1.86. The number of carbonyl (C=O) groups is 1. The molecule has 0 aliphatic carbocycles. The van der Waals surface area contributed by atoms with E-state index >= 15 is 0 Å². The molecule has 1 aliphatic heterocycles. The van der Waals surface area contributed by atoms with E-state index in [9.17, 15) is 4.79 Å². The van der Waals surface area contributed by atoms with Gasteiger partial charge in [0.15, 0.2) is 6.10 Å². The zero-order chi connectivity index (χ0) is 12.3. The number of nitrogens with zero attached hydrogens (tertiary/aromatic N) is 2. The maximum atomic E-state index is 11.1. The van der Waals surface area contributed by atoms with Crippen LogP contribution in [0.25, 0.3) is 0 Å². The van der Waals surface area contributed by atoms with Gasteiger partial charge in [0.25, 0.3) is 0 Å². The number of rotatable bonds is 3. The average Bonchev–Trinajstić information content (AvgIpc) is 2.67. The van der Waals surface area contributed by atoms with Gasteiger partial charge in [-0.2, -0.15) is 5.26 Å². The van der Waals surface area contributed by atoms with Crippen LogP contribution in [0, 0.1) is 11.3 Å². The van der Waals surface area contributed by atoms with Gasteiger partial charge < -0.3 is 14.4 Å². The molecule has 1 fully saturated rings. The second kappa shape index (κ2) is 4.74. The van der Waals surface area contributed by atoms with Crippen molar-refractivity contribution in [3.63, 3.8) is 0 Å². The number of carbonyl (C=O) groups excluding carboxylic acids is 1. The fourth-order valence-corrected chi connectivity index (χ4v) is 1.55. The maximum absolute atomic E-state index is 11.1. The molecular formula is C12H12N2O3. The molecule has 17 heavy (non-hydrogen) atoms. The number of hydrogen-bond acceptors (Lipinski definition) is 4. The van der Waals surface area contributed by atoms with Gasteiger partial charge in [0.05, 0.1) is 18.2 Å². The Kier molecular flexibility index (Phi) is 3.15. The van der Waals surface area contributed by atoms with Gasteiger partial charge in [0.1, 0.15) is 12.4 Å². The molecular weight excluding hydrogens is 220 g/mol. The fourth-order valence-electron chi connectivity index (χ4n) is 1.55. The Labute approximate surface area is 99.2 Å². The molecule has 0 spiro atoms. The minimum atomic E-state index is -0.321. The highest BCUT2D eigenvalue weighted by molar-refractivity contribution is 5.69. The van der Waals surface area contributed by atoms with Crippen LogP contribution in [0.2, 0.25) is 0 Å². The van der Waals surface area contributed by atoms with Crippen molar-refractivity contribution in [2.24, 2.45) is 0 Å². The van der Waals surface area contributed by atoms with Gasteiger partial charge in [-0.25, -0.2) is 4.79 Å². The molecule has 1 aromatic rings. The number of likely N-dealkylation sites (N-methyl/N-ethyl adjacent to an activating group) is 1. The summed E-state index contributed by atoms with van der Waals surface area (Å²) >= 11 is 0. The van der Waals surface area contributed by atoms with Crippen LogP contribution < -0.4 is 4.74 Å². The molecule has 1 heterocycles. The first-order valence-electron chi connectivity index (χ1n) is 5.24. The van der Waals surface area contributed by atoms with Crippen LogP contribution in [0.1, 0.15) is 5.56 Å². The summed E-state index contributed by atoms with van der Waals surface area (Å²) < 4.78 is 10.5. The predicted octanol–water partition coefficient (Wildman–Crippen LogP) is 1.39. The van der Waals surface area contributed by atoms with E-state index in [0.29, 0.717) is 24.5 Å². The van der Waals surface area contributed by atoms with E-state index in [1.54, 1.807) is 31.3 Å². The Morgan fingerprint density at radius 1 is 1.53 bits per heavy atom. The molecule has 2 rings (SSSR count). The first kappa shape index (κ1) is 11.3. The normalized spacial score (nSPS) is 18.7. The SMILES string of the molecule is CN1CC(COc2ccc(C#N)cc2)OC1=O. The molecule has 1 amide bonds. The number of benzene rings is 1. The summed E-state index contributed by atoms with van der Waals surface area (Å²) in [6.07, 6.45) is -0.554. The van der Waals surface area contributed by atoms with Gasteiger partial charge in [0, 0.05) is 7.05 Å². The average molecular weight is 232 g/mol. The van der Waals surface area contributed by atoms with Crippen molar-refractivity contribution in [3.8, 4) is 11.8 Å². The highest BCUT2D eigenvalue weighted by atomic mass is 16.6. The maximum Gasteiger partial charge on any atom is 0.410 e. The Hall–Kier alpha value is -2.22. The van der Waals surface area contributed by atoms with Crippen LogP contribution in [-0.2, 0) is 4.74 Å². The van der Waals surface area contributed by atoms with Crippen molar-refractivity contribution in [2.45, 2.75) is 6.10 Å². The van der Waals surface area contributed by atoms with Crippen molar-refractivity contribution >= 4 is 6.09 Å². The topological polar surface area (TPSA) is 62.6 Å². The van der Waals surface area contributed by atoms with Crippen LogP contribution in [-0.4, -0.2) is 37.3 Å². The first-order valence-corrected chi connectivity index (χ1v) is 5.24.